The van der Waals surface area contributed by atoms with Crippen molar-refractivity contribution >= 4 is 12.2 Å². The minimum absolute atomic E-state index is 0.0606. The first-order valence-corrected chi connectivity index (χ1v) is 6.85. The molecule has 0 amide bonds. The molecule has 2 atom stereocenters. The summed E-state index contributed by atoms with van der Waals surface area (Å²) in [6.45, 7) is 5.27. The van der Waals surface area contributed by atoms with Gasteiger partial charge in [-0.1, -0.05) is 13.8 Å². The summed E-state index contributed by atoms with van der Waals surface area (Å²) < 4.78 is 8.50. The lowest BCUT2D eigenvalue weighted by Gasteiger charge is -2.27. The molecular weight excluding hydrogens is 248 g/mol. The molecule has 2 aliphatic heterocycles. The van der Waals surface area contributed by atoms with Crippen LogP contribution in [0.2, 0.25) is 0 Å². The summed E-state index contributed by atoms with van der Waals surface area (Å²) in [6, 6.07) is 0. The molecule has 4 nitrogen and oxygen atoms in total. The van der Waals surface area contributed by atoms with Crippen LogP contribution in [0.25, 0.3) is 0 Å². The van der Waals surface area contributed by atoms with Gasteiger partial charge in [0.05, 0.1) is 17.8 Å². The van der Waals surface area contributed by atoms with Crippen molar-refractivity contribution < 1.29 is 4.74 Å². The summed E-state index contributed by atoms with van der Waals surface area (Å²) in [4.78, 5) is 14.7. The van der Waals surface area contributed by atoms with Gasteiger partial charge in [0.2, 0.25) is 0 Å². The fourth-order valence-corrected chi connectivity index (χ4v) is 3.31. The zero-order valence-corrected chi connectivity index (χ0v) is 11.5. The van der Waals surface area contributed by atoms with Crippen LogP contribution in [0.4, 0.5) is 0 Å². The molecule has 0 aromatic carbocycles. The Balaban J connectivity index is 2.17. The molecule has 98 valence electrons. The summed E-state index contributed by atoms with van der Waals surface area (Å²) in [7, 11) is 0. The molecule has 5 heteroatoms. The normalized spacial score (nSPS) is 29.4. The van der Waals surface area contributed by atoms with Crippen molar-refractivity contribution in [3.05, 3.63) is 26.9 Å². The Bertz CT molecular complexity index is 587. The van der Waals surface area contributed by atoms with E-state index in [1.807, 2.05) is 10.8 Å². The Labute approximate surface area is 111 Å². The fourth-order valence-electron chi connectivity index (χ4n) is 3.10. The Hall–Kier alpha value is -0.940. The smallest absolute Gasteiger partial charge is 0.257 e. The first kappa shape index (κ1) is 12.1. The van der Waals surface area contributed by atoms with Gasteiger partial charge in [0.1, 0.15) is 0 Å². The third-order valence-electron chi connectivity index (χ3n) is 3.87. The largest absolute Gasteiger partial charge is 0.370 e. The van der Waals surface area contributed by atoms with Crippen molar-refractivity contribution in [3.63, 3.8) is 0 Å². The summed E-state index contributed by atoms with van der Waals surface area (Å²) >= 11 is 5.24. The van der Waals surface area contributed by atoms with E-state index in [0.29, 0.717) is 4.77 Å². The van der Waals surface area contributed by atoms with Gasteiger partial charge < -0.3 is 9.30 Å². The van der Waals surface area contributed by atoms with Crippen LogP contribution in [0.5, 0.6) is 0 Å². The van der Waals surface area contributed by atoms with Crippen LogP contribution in [0.15, 0.2) is 11.0 Å². The maximum atomic E-state index is 12.0. The summed E-state index contributed by atoms with van der Waals surface area (Å²) in [5.41, 5.74) is 0.753. The number of rotatable bonds is 0. The maximum Gasteiger partial charge on any atom is 0.257 e. The zero-order valence-electron chi connectivity index (χ0n) is 10.7. The van der Waals surface area contributed by atoms with Crippen LogP contribution in [-0.2, 0) is 11.3 Å². The highest BCUT2D eigenvalue weighted by Gasteiger charge is 2.34. The number of nitrogens with one attached hydrogen (secondary N) is 1. The third kappa shape index (κ3) is 2.06. The van der Waals surface area contributed by atoms with E-state index in [9.17, 15) is 4.79 Å². The van der Waals surface area contributed by atoms with Gasteiger partial charge in [0, 0.05) is 12.7 Å². The molecule has 2 aliphatic rings. The number of fused-ring (bicyclic) bond motifs is 5. The Morgan fingerprint density at radius 2 is 2.28 bits per heavy atom. The second kappa shape index (κ2) is 4.03. The summed E-state index contributed by atoms with van der Waals surface area (Å²) in [5, 5.41) is 0. The van der Waals surface area contributed by atoms with Crippen LogP contribution < -0.4 is 5.56 Å². The number of H-pyrrole nitrogens is 1. The first-order valence-electron chi connectivity index (χ1n) is 6.44. The second-order valence-electron chi connectivity index (χ2n) is 6.16. The van der Waals surface area contributed by atoms with Gasteiger partial charge >= 0.3 is 0 Å². The van der Waals surface area contributed by atoms with Crippen molar-refractivity contribution in [1.82, 2.24) is 9.55 Å². The standard InChI is InChI=1S/C13H18N2O2S/c1-13(2)5-8-3-4-10(17-8)9-6-15(7-13)12(18)14-11(9)16/h6,8,10H,3-5,7H2,1-2H3,(H,14,16,18)/t8?,10-/m1/s1. The van der Waals surface area contributed by atoms with Gasteiger partial charge in [-0.05, 0) is 36.9 Å². The van der Waals surface area contributed by atoms with Crippen molar-refractivity contribution in [2.24, 2.45) is 5.41 Å². The Morgan fingerprint density at radius 3 is 3.06 bits per heavy atom. The molecule has 1 fully saturated rings. The molecule has 3 heterocycles. The first-order chi connectivity index (χ1) is 8.44. The second-order valence-corrected chi connectivity index (χ2v) is 6.55. The predicted molar refractivity (Wildman–Crippen MR) is 71.1 cm³/mol. The molecule has 18 heavy (non-hydrogen) atoms. The summed E-state index contributed by atoms with van der Waals surface area (Å²) in [5.74, 6) is 0. The predicted octanol–water partition coefficient (Wildman–Crippen LogP) is 2.56. The third-order valence-corrected chi connectivity index (χ3v) is 4.21. The molecule has 0 spiro atoms. The van der Waals surface area contributed by atoms with Crippen LogP contribution in [0, 0.1) is 10.2 Å². The molecule has 1 unspecified atom stereocenters. The van der Waals surface area contributed by atoms with Gasteiger partial charge in [0.15, 0.2) is 4.77 Å². The molecule has 1 aromatic rings. The average molecular weight is 266 g/mol. The molecule has 1 N–H and O–H groups in total. The lowest BCUT2D eigenvalue weighted by Crippen LogP contribution is -2.26. The van der Waals surface area contributed by atoms with Crippen molar-refractivity contribution in [1.29, 1.82) is 0 Å². The Morgan fingerprint density at radius 1 is 1.50 bits per heavy atom. The molecule has 4 bridgehead atoms. The van der Waals surface area contributed by atoms with Crippen molar-refractivity contribution in [2.45, 2.75) is 51.9 Å². The van der Waals surface area contributed by atoms with E-state index in [-0.39, 0.29) is 23.2 Å². The highest BCUT2D eigenvalue weighted by atomic mass is 32.1. The van der Waals surface area contributed by atoms with Crippen LogP contribution in [-0.4, -0.2) is 15.7 Å². The molecular formula is C13H18N2O2S. The van der Waals surface area contributed by atoms with Crippen LogP contribution in [0.3, 0.4) is 0 Å². The van der Waals surface area contributed by atoms with E-state index >= 15 is 0 Å². The van der Waals surface area contributed by atoms with Crippen LogP contribution >= 0.6 is 12.2 Å². The molecule has 3 rings (SSSR count). The summed E-state index contributed by atoms with van der Waals surface area (Å²) in [6.07, 6.45) is 5.09. The molecule has 1 aromatic heterocycles. The Kier molecular flexibility index (Phi) is 2.71. The highest BCUT2D eigenvalue weighted by molar-refractivity contribution is 7.71. The minimum Gasteiger partial charge on any atom is -0.370 e. The highest BCUT2D eigenvalue weighted by Crippen LogP contribution is 2.38. The van der Waals surface area contributed by atoms with Gasteiger partial charge in [0.25, 0.3) is 5.56 Å². The van der Waals surface area contributed by atoms with Gasteiger partial charge in [-0.2, -0.15) is 0 Å². The molecule has 0 aliphatic carbocycles. The van der Waals surface area contributed by atoms with Gasteiger partial charge in [-0.15, -0.1) is 0 Å². The fraction of sp³-hybridized carbons (Fsp3) is 0.692. The SMILES string of the molecule is CC1(C)CC2CC[C@@H](O2)c2cn(c(=S)[nH]c2=O)C1. The van der Waals surface area contributed by atoms with E-state index in [1.165, 1.54) is 0 Å². The number of nitrogens with zero attached hydrogens (tertiary/aromatic N) is 1. The zero-order chi connectivity index (χ0) is 12.9. The number of aromatic amines is 1. The van der Waals surface area contributed by atoms with Crippen LogP contribution in [0.1, 0.15) is 44.8 Å². The lowest BCUT2D eigenvalue weighted by atomic mass is 9.85. The van der Waals surface area contributed by atoms with E-state index in [1.54, 1.807) is 0 Å². The number of hydrogen-bond acceptors (Lipinski definition) is 3. The molecule has 0 radical (unpaired) electrons. The van der Waals surface area contributed by atoms with E-state index in [2.05, 4.69) is 18.8 Å². The monoisotopic (exact) mass is 266 g/mol. The minimum atomic E-state index is -0.0957. The molecule has 1 saturated heterocycles. The average Bonchev–Trinajstić information content (AvgIpc) is 2.70. The number of hydrogen-bond donors (Lipinski definition) is 1. The lowest BCUT2D eigenvalue weighted by molar-refractivity contribution is 0.0188. The maximum absolute atomic E-state index is 12.0. The van der Waals surface area contributed by atoms with E-state index in [0.717, 1.165) is 31.4 Å². The topological polar surface area (TPSA) is 47.0 Å². The number of aromatic nitrogens is 2. The quantitative estimate of drug-likeness (QED) is 0.734. The van der Waals surface area contributed by atoms with E-state index < -0.39 is 0 Å². The number of ether oxygens (including phenoxy) is 1. The van der Waals surface area contributed by atoms with Crippen molar-refractivity contribution in [3.8, 4) is 0 Å². The van der Waals surface area contributed by atoms with Crippen molar-refractivity contribution in [2.75, 3.05) is 0 Å². The molecule has 0 saturated carbocycles. The van der Waals surface area contributed by atoms with Gasteiger partial charge in [-0.3, -0.25) is 9.78 Å². The van der Waals surface area contributed by atoms with Gasteiger partial charge in [-0.25, -0.2) is 0 Å². The van der Waals surface area contributed by atoms with E-state index in [4.69, 9.17) is 17.0 Å².